The van der Waals surface area contributed by atoms with Gasteiger partial charge in [-0.2, -0.15) is 0 Å². The van der Waals surface area contributed by atoms with Gasteiger partial charge in [-0.25, -0.2) is 0 Å². The van der Waals surface area contributed by atoms with Crippen LogP contribution in [0.15, 0.2) is 0 Å². The quantitative estimate of drug-likeness (QED) is 0.0537. The van der Waals surface area contributed by atoms with E-state index in [2.05, 4.69) is 19.2 Å². The summed E-state index contributed by atoms with van der Waals surface area (Å²) < 4.78 is 0. The molecule has 1 amide bonds. The van der Waals surface area contributed by atoms with Crippen LogP contribution in [0.5, 0.6) is 0 Å². The van der Waals surface area contributed by atoms with Crippen LogP contribution < -0.4 is 5.32 Å². The number of aliphatic hydroxyl groups excluding tert-OH is 3. The Morgan fingerprint density at radius 1 is 0.488 bits per heavy atom. The summed E-state index contributed by atoms with van der Waals surface area (Å²) in [4.78, 5) is 12.4. The van der Waals surface area contributed by atoms with Gasteiger partial charge in [-0.05, 0) is 12.8 Å². The van der Waals surface area contributed by atoms with E-state index >= 15 is 0 Å². The summed E-state index contributed by atoms with van der Waals surface area (Å²) in [6, 6.07) is -0.650. The Labute approximate surface area is 268 Å². The molecule has 0 spiro atoms. The first-order chi connectivity index (χ1) is 21.0. The molecule has 3 atom stereocenters. The van der Waals surface area contributed by atoms with Gasteiger partial charge in [0.15, 0.2) is 0 Å². The highest BCUT2D eigenvalue weighted by Gasteiger charge is 2.21. The molecular weight excluding hydrogens is 534 g/mol. The normalized spacial score (nSPS) is 13.7. The summed E-state index contributed by atoms with van der Waals surface area (Å²) >= 11 is 0. The fourth-order valence-corrected chi connectivity index (χ4v) is 6.17. The molecule has 0 radical (unpaired) electrons. The molecule has 43 heavy (non-hydrogen) atoms. The fraction of sp³-hybridized carbons (Fsp3) is 0.974. The highest BCUT2D eigenvalue weighted by atomic mass is 16.3. The Morgan fingerprint density at radius 2 is 0.791 bits per heavy atom. The van der Waals surface area contributed by atoms with E-state index in [9.17, 15) is 20.1 Å². The van der Waals surface area contributed by atoms with Crippen molar-refractivity contribution >= 4 is 5.91 Å². The molecule has 3 unspecified atom stereocenters. The maximum atomic E-state index is 12.4. The SMILES string of the molecule is CCCCCCCCCCCCCCCCCCC(O)CC(=O)NC(CO)C(O)CCCCCCCCCCCCCC. The third-order valence-corrected chi connectivity index (χ3v) is 9.17. The Morgan fingerprint density at radius 3 is 1.12 bits per heavy atom. The van der Waals surface area contributed by atoms with E-state index < -0.39 is 18.2 Å². The van der Waals surface area contributed by atoms with E-state index in [1.54, 1.807) is 0 Å². The summed E-state index contributed by atoms with van der Waals surface area (Å²) in [6.07, 6.45) is 36.2. The standard InChI is InChI=1S/C38H77NO4/c1-3-5-7-9-11-13-15-17-18-19-20-21-23-25-27-29-31-35(41)33-38(43)39-36(34-40)37(42)32-30-28-26-24-22-16-14-12-10-8-6-4-2/h35-37,40-42H,3-34H2,1-2H3,(H,39,43). The lowest BCUT2D eigenvalue weighted by atomic mass is 10.0. The zero-order valence-electron chi connectivity index (χ0n) is 29.1. The van der Waals surface area contributed by atoms with Crippen LogP contribution in [0.2, 0.25) is 0 Å². The number of carbonyl (C=O) groups excluding carboxylic acids is 1. The third-order valence-electron chi connectivity index (χ3n) is 9.17. The Balaban J connectivity index is 3.62. The topological polar surface area (TPSA) is 89.8 Å². The Kier molecular flexibility index (Phi) is 33.7. The third kappa shape index (κ3) is 31.1. The van der Waals surface area contributed by atoms with E-state index in [1.807, 2.05) is 0 Å². The first-order valence-corrected chi connectivity index (χ1v) is 19.3. The molecule has 0 bridgehead atoms. The van der Waals surface area contributed by atoms with Crippen molar-refractivity contribution in [3.8, 4) is 0 Å². The van der Waals surface area contributed by atoms with E-state index in [0.717, 1.165) is 25.7 Å². The van der Waals surface area contributed by atoms with Gasteiger partial charge in [0.05, 0.1) is 31.3 Å². The van der Waals surface area contributed by atoms with Crippen molar-refractivity contribution in [2.45, 2.75) is 231 Å². The van der Waals surface area contributed by atoms with Crippen molar-refractivity contribution in [3.63, 3.8) is 0 Å². The Bertz CT molecular complexity index is 558. The molecule has 0 fully saturated rings. The smallest absolute Gasteiger partial charge is 0.222 e. The number of hydrogen-bond acceptors (Lipinski definition) is 4. The second-order valence-corrected chi connectivity index (χ2v) is 13.6. The van der Waals surface area contributed by atoms with Crippen LogP contribution >= 0.6 is 0 Å². The van der Waals surface area contributed by atoms with Crippen LogP contribution in [0, 0.1) is 0 Å². The van der Waals surface area contributed by atoms with E-state index in [4.69, 9.17) is 0 Å². The van der Waals surface area contributed by atoms with Crippen molar-refractivity contribution < 1.29 is 20.1 Å². The lowest BCUT2D eigenvalue weighted by molar-refractivity contribution is -0.125. The number of nitrogens with one attached hydrogen (secondary N) is 1. The second-order valence-electron chi connectivity index (χ2n) is 13.6. The summed E-state index contributed by atoms with van der Waals surface area (Å²) in [5.41, 5.74) is 0. The maximum absolute atomic E-state index is 12.4. The zero-order chi connectivity index (χ0) is 31.6. The van der Waals surface area contributed by atoms with E-state index in [-0.39, 0.29) is 18.9 Å². The van der Waals surface area contributed by atoms with Gasteiger partial charge in [-0.1, -0.05) is 194 Å². The number of hydrogen-bond donors (Lipinski definition) is 4. The molecule has 0 aliphatic heterocycles. The minimum Gasteiger partial charge on any atom is -0.394 e. The molecule has 0 saturated heterocycles. The van der Waals surface area contributed by atoms with Crippen molar-refractivity contribution in [1.29, 1.82) is 0 Å². The lowest BCUT2D eigenvalue weighted by Gasteiger charge is -2.23. The first kappa shape index (κ1) is 42.3. The van der Waals surface area contributed by atoms with E-state index in [0.29, 0.717) is 12.8 Å². The highest BCUT2D eigenvalue weighted by molar-refractivity contribution is 5.76. The van der Waals surface area contributed by atoms with Crippen molar-refractivity contribution in [3.05, 3.63) is 0 Å². The summed E-state index contributed by atoms with van der Waals surface area (Å²) in [5.74, 6) is -0.281. The predicted molar refractivity (Wildman–Crippen MR) is 186 cm³/mol. The number of unbranched alkanes of at least 4 members (excludes halogenated alkanes) is 26. The van der Waals surface area contributed by atoms with Crippen LogP contribution in [0.4, 0.5) is 0 Å². The van der Waals surface area contributed by atoms with Gasteiger partial charge >= 0.3 is 0 Å². The van der Waals surface area contributed by atoms with Gasteiger partial charge in [0, 0.05) is 0 Å². The molecule has 258 valence electrons. The molecular formula is C38H77NO4. The monoisotopic (exact) mass is 612 g/mol. The van der Waals surface area contributed by atoms with Crippen LogP contribution in [0.3, 0.4) is 0 Å². The highest BCUT2D eigenvalue weighted by Crippen LogP contribution is 2.16. The van der Waals surface area contributed by atoms with Crippen LogP contribution in [0.25, 0.3) is 0 Å². The lowest BCUT2D eigenvalue weighted by Crippen LogP contribution is -2.46. The van der Waals surface area contributed by atoms with Crippen molar-refractivity contribution in [2.75, 3.05) is 6.61 Å². The second kappa shape index (κ2) is 34.2. The van der Waals surface area contributed by atoms with Gasteiger partial charge in [-0.15, -0.1) is 0 Å². The van der Waals surface area contributed by atoms with Crippen LogP contribution in [-0.4, -0.2) is 46.1 Å². The number of carbonyl (C=O) groups is 1. The maximum Gasteiger partial charge on any atom is 0.222 e. The fourth-order valence-electron chi connectivity index (χ4n) is 6.17. The molecule has 0 aliphatic rings. The number of rotatable bonds is 35. The van der Waals surface area contributed by atoms with Gasteiger partial charge < -0.3 is 20.6 Å². The molecule has 0 aromatic carbocycles. The number of amides is 1. The summed E-state index contributed by atoms with van der Waals surface area (Å²) in [5, 5.41) is 33.2. The van der Waals surface area contributed by atoms with Crippen LogP contribution in [0.1, 0.15) is 213 Å². The molecule has 0 rings (SSSR count). The Hall–Kier alpha value is -0.650. The summed E-state index contributed by atoms with van der Waals surface area (Å²) in [7, 11) is 0. The molecule has 0 heterocycles. The number of aliphatic hydroxyl groups is 3. The molecule has 5 heteroatoms. The minimum absolute atomic E-state index is 0.0422. The largest absolute Gasteiger partial charge is 0.394 e. The van der Waals surface area contributed by atoms with Gasteiger partial charge in [0.1, 0.15) is 0 Å². The predicted octanol–water partition coefficient (Wildman–Crippen LogP) is 10.3. The average molecular weight is 612 g/mol. The van der Waals surface area contributed by atoms with Gasteiger partial charge in [0.25, 0.3) is 0 Å². The van der Waals surface area contributed by atoms with Gasteiger partial charge in [0.2, 0.25) is 5.91 Å². The van der Waals surface area contributed by atoms with Gasteiger partial charge in [-0.3, -0.25) is 4.79 Å². The molecule has 0 saturated carbocycles. The van der Waals surface area contributed by atoms with Crippen LogP contribution in [-0.2, 0) is 4.79 Å². The zero-order valence-corrected chi connectivity index (χ0v) is 29.1. The van der Waals surface area contributed by atoms with Crippen molar-refractivity contribution in [2.24, 2.45) is 0 Å². The average Bonchev–Trinajstić information content (AvgIpc) is 3.00. The molecule has 0 aromatic rings. The first-order valence-electron chi connectivity index (χ1n) is 19.3. The molecule has 4 N–H and O–H groups in total. The van der Waals surface area contributed by atoms with Crippen molar-refractivity contribution in [1.82, 2.24) is 5.32 Å². The molecule has 0 aromatic heterocycles. The molecule has 5 nitrogen and oxygen atoms in total. The minimum atomic E-state index is -0.741. The van der Waals surface area contributed by atoms with E-state index in [1.165, 1.54) is 154 Å². The summed E-state index contributed by atoms with van der Waals surface area (Å²) in [6.45, 7) is 4.26. The molecule has 0 aliphatic carbocycles.